The fourth-order valence-corrected chi connectivity index (χ4v) is 2.04. The van der Waals surface area contributed by atoms with E-state index >= 15 is 0 Å². The summed E-state index contributed by atoms with van der Waals surface area (Å²) in [4.78, 5) is 0. The Morgan fingerprint density at radius 2 is 1.31 bits per heavy atom. The zero-order valence-corrected chi connectivity index (χ0v) is 11.9. The monoisotopic (exact) mass is 224 g/mol. The molecular formula is C16H32. The van der Waals surface area contributed by atoms with Gasteiger partial charge in [-0.1, -0.05) is 70.9 Å². The van der Waals surface area contributed by atoms with Crippen LogP contribution in [0.2, 0.25) is 0 Å². The standard InChI is InChI=1S/C16H32/c1-4-7-10-11-12-15-16(13-8-5-2)14-9-6-3/h13H,4-12,14-15H2,1-3H3/b16-13-. The zero-order valence-electron chi connectivity index (χ0n) is 11.9. The number of allylic oxidation sites excluding steroid dienone is 2. The quantitative estimate of drug-likeness (QED) is 0.287. The molecule has 0 nitrogen and oxygen atoms in total. The molecule has 0 atom stereocenters. The Labute approximate surface area is 104 Å². The van der Waals surface area contributed by atoms with Crippen molar-refractivity contribution in [2.45, 2.75) is 91.4 Å². The molecule has 0 amide bonds. The minimum atomic E-state index is 1.29. The van der Waals surface area contributed by atoms with Gasteiger partial charge in [0.15, 0.2) is 0 Å². The molecule has 0 heterocycles. The van der Waals surface area contributed by atoms with Crippen LogP contribution in [0.25, 0.3) is 0 Å². The van der Waals surface area contributed by atoms with Crippen molar-refractivity contribution in [3.8, 4) is 0 Å². The minimum Gasteiger partial charge on any atom is -0.0853 e. The molecule has 0 unspecified atom stereocenters. The summed E-state index contributed by atoms with van der Waals surface area (Å²) in [5, 5.41) is 0. The van der Waals surface area contributed by atoms with Crippen molar-refractivity contribution in [3.63, 3.8) is 0 Å². The molecule has 0 aliphatic rings. The number of rotatable bonds is 11. The van der Waals surface area contributed by atoms with E-state index in [0.29, 0.717) is 0 Å². The van der Waals surface area contributed by atoms with E-state index in [4.69, 9.17) is 0 Å². The third-order valence-corrected chi connectivity index (χ3v) is 3.17. The lowest BCUT2D eigenvalue weighted by molar-refractivity contribution is 0.618. The highest BCUT2D eigenvalue weighted by molar-refractivity contribution is 5.01. The second kappa shape index (κ2) is 12.8. The molecule has 0 bridgehead atoms. The van der Waals surface area contributed by atoms with Gasteiger partial charge in [-0.2, -0.15) is 0 Å². The van der Waals surface area contributed by atoms with Crippen LogP contribution in [0.4, 0.5) is 0 Å². The zero-order chi connectivity index (χ0) is 12.1. The smallest absolute Gasteiger partial charge is 0.0320 e. The largest absolute Gasteiger partial charge is 0.0853 e. The molecule has 0 aromatic rings. The maximum absolute atomic E-state index is 2.51. The molecule has 0 heteroatoms. The molecule has 0 saturated carbocycles. The highest BCUT2D eigenvalue weighted by Gasteiger charge is 1.97. The molecule has 0 aromatic carbocycles. The van der Waals surface area contributed by atoms with E-state index in [1.54, 1.807) is 5.57 Å². The van der Waals surface area contributed by atoms with Gasteiger partial charge in [-0.05, 0) is 32.1 Å². The van der Waals surface area contributed by atoms with E-state index in [2.05, 4.69) is 26.8 Å². The highest BCUT2D eigenvalue weighted by Crippen LogP contribution is 2.17. The summed E-state index contributed by atoms with van der Waals surface area (Å²) in [5.41, 5.74) is 1.74. The van der Waals surface area contributed by atoms with Crippen molar-refractivity contribution in [2.75, 3.05) is 0 Å². The van der Waals surface area contributed by atoms with Crippen molar-refractivity contribution in [1.82, 2.24) is 0 Å². The van der Waals surface area contributed by atoms with Gasteiger partial charge in [-0.25, -0.2) is 0 Å². The van der Waals surface area contributed by atoms with E-state index in [1.165, 1.54) is 70.6 Å². The van der Waals surface area contributed by atoms with Crippen LogP contribution in [0.5, 0.6) is 0 Å². The number of hydrogen-bond acceptors (Lipinski definition) is 0. The lowest BCUT2D eigenvalue weighted by Gasteiger charge is -2.07. The first-order valence-corrected chi connectivity index (χ1v) is 7.53. The van der Waals surface area contributed by atoms with Crippen LogP contribution in [-0.2, 0) is 0 Å². The first-order chi connectivity index (χ1) is 7.85. The maximum atomic E-state index is 2.51. The van der Waals surface area contributed by atoms with E-state index in [9.17, 15) is 0 Å². The average Bonchev–Trinajstić information content (AvgIpc) is 2.31. The Hall–Kier alpha value is -0.260. The molecule has 0 rings (SSSR count). The second-order valence-electron chi connectivity index (χ2n) is 4.92. The molecule has 0 N–H and O–H groups in total. The van der Waals surface area contributed by atoms with Gasteiger partial charge in [0.1, 0.15) is 0 Å². The molecule has 96 valence electrons. The first kappa shape index (κ1) is 15.7. The van der Waals surface area contributed by atoms with E-state index in [1.807, 2.05) is 0 Å². The van der Waals surface area contributed by atoms with Crippen LogP contribution in [0.15, 0.2) is 11.6 Å². The highest BCUT2D eigenvalue weighted by atomic mass is 14.0. The van der Waals surface area contributed by atoms with Crippen LogP contribution in [0.1, 0.15) is 91.4 Å². The second-order valence-corrected chi connectivity index (χ2v) is 4.92. The van der Waals surface area contributed by atoms with E-state index in [0.717, 1.165) is 0 Å². The molecule has 16 heavy (non-hydrogen) atoms. The van der Waals surface area contributed by atoms with Gasteiger partial charge in [-0.15, -0.1) is 0 Å². The van der Waals surface area contributed by atoms with Gasteiger partial charge in [0.25, 0.3) is 0 Å². The maximum Gasteiger partial charge on any atom is -0.0320 e. The van der Waals surface area contributed by atoms with Gasteiger partial charge in [-0.3, -0.25) is 0 Å². The lowest BCUT2D eigenvalue weighted by atomic mass is 10.00. The van der Waals surface area contributed by atoms with Crippen molar-refractivity contribution in [3.05, 3.63) is 11.6 Å². The molecular weight excluding hydrogens is 192 g/mol. The molecule has 0 radical (unpaired) electrons. The van der Waals surface area contributed by atoms with Crippen molar-refractivity contribution >= 4 is 0 Å². The van der Waals surface area contributed by atoms with Gasteiger partial charge < -0.3 is 0 Å². The van der Waals surface area contributed by atoms with Gasteiger partial charge in [0, 0.05) is 0 Å². The Morgan fingerprint density at radius 3 is 1.94 bits per heavy atom. The molecule has 0 aromatic heterocycles. The van der Waals surface area contributed by atoms with Crippen molar-refractivity contribution in [2.24, 2.45) is 0 Å². The Balaban J connectivity index is 3.65. The number of unbranched alkanes of at least 4 members (excludes halogenated alkanes) is 6. The predicted octanol–water partition coefficient (Wildman–Crippen LogP) is 6.26. The SMILES string of the molecule is CCC/C=C(/CCCC)CCCCCCC. The van der Waals surface area contributed by atoms with Gasteiger partial charge in [0.05, 0.1) is 0 Å². The van der Waals surface area contributed by atoms with Crippen LogP contribution in [0, 0.1) is 0 Å². The van der Waals surface area contributed by atoms with E-state index in [-0.39, 0.29) is 0 Å². The third kappa shape index (κ3) is 10.3. The molecule has 0 aliphatic carbocycles. The molecule has 0 saturated heterocycles. The first-order valence-electron chi connectivity index (χ1n) is 7.53. The van der Waals surface area contributed by atoms with E-state index < -0.39 is 0 Å². The van der Waals surface area contributed by atoms with Crippen LogP contribution in [0.3, 0.4) is 0 Å². The summed E-state index contributed by atoms with van der Waals surface area (Å²) in [6, 6.07) is 0. The fraction of sp³-hybridized carbons (Fsp3) is 0.875. The van der Waals surface area contributed by atoms with Crippen molar-refractivity contribution in [1.29, 1.82) is 0 Å². The van der Waals surface area contributed by atoms with Gasteiger partial charge >= 0.3 is 0 Å². The van der Waals surface area contributed by atoms with Crippen LogP contribution >= 0.6 is 0 Å². The van der Waals surface area contributed by atoms with Crippen LogP contribution < -0.4 is 0 Å². The lowest BCUT2D eigenvalue weighted by Crippen LogP contribution is -1.87. The topological polar surface area (TPSA) is 0 Å². The summed E-state index contributed by atoms with van der Waals surface area (Å²) in [7, 11) is 0. The fourth-order valence-electron chi connectivity index (χ4n) is 2.04. The Morgan fingerprint density at radius 1 is 0.688 bits per heavy atom. The summed E-state index contributed by atoms with van der Waals surface area (Å²) in [6.07, 6.45) is 17.6. The van der Waals surface area contributed by atoms with Crippen LogP contribution in [-0.4, -0.2) is 0 Å². The van der Waals surface area contributed by atoms with Gasteiger partial charge in [0.2, 0.25) is 0 Å². The third-order valence-electron chi connectivity index (χ3n) is 3.17. The minimum absolute atomic E-state index is 1.29. The average molecular weight is 224 g/mol. The Kier molecular flexibility index (Phi) is 12.6. The number of hydrogen-bond donors (Lipinski definition) is 0. The Bertz CT molecular complexity index is 155. The summed E-state index contributed by atoms with van der Waals surface area (Å²) < 4.78 is 0. The predicted molar refractivity (Wildman–Crippen MR) is 75.9 cm³/mol. The summed E-state index contributed by atoms with van der Waals surface area (Å²) in [5.74, 6) is 0. The molecule has 0 spiro atoms. The molecule has 0 aliphatic heterocycles. The van der Waals surface area contributed by atoms with Crippen molar-refractivity contribution < 1.29 is 0 Å². The summed E-state index contributed by atoms with van der Waals surface area (Å²) >= 11 is 0. The molecule has 0 fully saturated rings. The summed E-state index contributed by atoms with van der Waals surface area (Å²) in [6.45, 7) is 6.85. The normalized spacial score (nSPS) is 12.1.